The molecule has 8 heteroatoms. The molecule has 8 nitrogen and oxygen atoms in total. The van der Waals surface area contributed by atoms with Crippen molar-refractivity contribution in [1.29, 1.82) is 0 Å². The summed E-state index contributed by atoms with van der Waals surface area (Å²) in [6.07, 6.45) is -0.995. The van der Waals surface area contributed by atoms with Gasteiger partial charge in [0, 0.05) is 23.0 Å². The van der Waals surface area contributed by atoms with E-state index in [9.17, 15) is 19.7 Å². The SMILES string of the molecule is Cc1cccc(NC(=O)c2cccc(NC(=O)C(C)Oc3ccccc3[N+](=O)[O-])c2)c1. The van der Waals surface area contributed by atoms with Crippen molar-refractivity contribution < 1.29 is 19.2 Å². The second-order valence-electron chi connectivity index (χ2n) is 6.88. The summed E-state index contributed by atoms with van der Waals surface area (Å²) in [5, 5.41) is 16.6. The highest BCUT2D eigenvalue weighted by Crippen LogP contribution is 2.27. The van der Waals surface area contributed by atoms with Gasteiger partial charge in [-0.25, -0.2) is 0 Å². The van der Waals surface area contributed by atoms with E-state index in [1.54, 1.807) is 36.4 Å². The van der Waals surface area contributed by atoms with Crippen molar-refractivity contribution in [2.24, 2.45) is 0 Å². The van der Waals surface area contributed by atoms with E-state index in [0.717, 1.165) is 5.56 Å². The lowest BCUT2D eigenvalue weighted by Crippen LogP contribution is -2.30. The topological polar surface area (TPSA) is 111 Å². The van der Waals surface area contributed by atoms with Gasteiger partial charge in [-0.05, 0) is 55.8 Å². The molecule has 3 aromatic rings. The molecule has 0 fully saturated rings. The van der Waals surface area contributed by atoms with Gasteiger partial charge < -0.3 is 15.4 Å². The van der Waals surface area contributed by atoms with Crippen molar-refractivity contribution in [2.45, 2.75) is 20.0 Å². The molecule has 2 amide bonds. The maximum Gasteiger partial charge on any atom is 0.310 e. The third-order valence-corrected chi connectivity index (χ3v) is 4.40. The predicted octanol–water partition coefficient (Wildman–Crippen LogP) is 4.56. The maximum atomic E-state index is 12.5. The van der Waals surface area contributed by atoms with E-state index < -0.39 is 16.9 Å². The molecule has 0 saturated heterocycles. The maximum absolute atomic E-state index is 12.5. The number of anilines is 2. The number of nitrogens with one attached hydrogen (secondary N) is 2. The Kier molecular flexibility index (Phi) is 6.61. The van der Waals surface area contributed by atoms with Gasteiger partial charge in [0.25, 0.3) is 11.8 Å². The van der Waals surface area contributed by atoms with Crippen LogP contribution in [0.2, 0.25) is 0 Å². The van der Waals surface area contributed by atoms with Gasteiger partial charge >= 0.3 is 5.69 Å². The van der Waals surface area contributed by atoms with Gasteiger partial charge in [-0.3, -0.25) is 19.7 Å². The van der Waals surface area contributed by atoms with E-state index in [0.29, 0.717) is 16.9 Å². The molecule has 0 saturated carbocycles. The van der Waals surface area contributed by atoms with Crippen LogP contribution >= 0.6 is 0 Å². The Bertz CT molecular complexity index is 1130. The Labute approximate surface area is 179 Å². The van der Waals surface area contributed by atoms with Crippen molar-refractivity contribution >= 4 is 28.9 Å². The van der Waals surface area contributed by atoms with Gasteiger partial charge in [-0.15, -0.1) is 0 Å². The fourth-order valence-electron chi connectivity index (χ4n) is 2.86. The second kappa shape index (κ2) is 9.53. The van der Waals surface area contributed by atoms with Crippen LogP contribution in [0.1, 0.15) is 22.8 Å². The van der Waals surface area contributed by atoms with Crippen LogP contribution in [0.3, 0.4) is 0 Å². The molecule has 0 spiro atoms. The van der Waals surface area contributed by atoms with Crippen molar-refractivity contribution in [3.8, 4) is 5.75 Å². The number of carbonyl (C=O) groups excluding carboxylic acids is 2. The van der Waals surface area contributed by atoms with Crippen LogP contribution in [0.15, 0.2) is 72.8 Å². The zero-order valence-electron chi connectivity index (χ0n) is 17.0. The molecular formula is C23H21N3O5. The molecule has 31 heavy (non-hydrogen) atoms. The number of nitro groups is 1. The highest BCUT2D eigenvalue weighted by atomic mass is 16.6. The van der Waals surface area contributed by atoms with Crippen molar-refractivity contribution in [1.82, 2.24) is 0 Å². The van der Waals surface area contributed by atoms with E-state index in [2.05, 4.69) is 10.6 Å². The summed E-state index contributed by atoms with van der Waals surface area (Å²) in [7, 11) is 0. The van der Waals surface area contributed by atoms with Crippen molar-refractivity contribution in [3.63, 3.8) is 0 Å². The summed E-state index contributed by atoms with van der Waals surface area (Å²) in [4.78, 5) is 35.6. The number of carbonyl (C=O) groups is 2. The Morgan fingerprint density at radius 1 is 0.935 bits per heavy atom. The number of hydrogen-bond donors (Lipinski definition) is 2. The zero-order valence-corrected chi connectivity index (χ0v) is 17.0. The van der Waals surface area contributed by atoms with E-state index in [-0.39, 0.29) is 17.3 Å². The average molecular weight is 419 g/mol. The van der Waals surface area contributed by atoms with Crippen LogP contribution in [0.4, 0.5) is 17.1 Å². The minimum absolute atomic E-state index is 0.00133. The number of ether oxygens (including phenoxy) is 1. The molecule has 0 aromatic heterocycles. The highest BCUT2D eigenvalue weighted by Gasteiger charge is 2.21. The first-order valence-electron chi connectivity index (χ1n) is 9.52. The number of hydrogen-bond acceptors (Lipinski definition) is 5. The molecule has 0 bridgehead atoms. The van der Waals surface area contributed by atoms with Crippen LogP contribution in [-0.4, -0.2) is 22.8 Å². The second-order valence-corrected chi connectivity index (χ2v) is 6.88. The summed E-state index contributed by atoms with van der Waals surface area (Å²) in [6.45, 7) is 3.42. The third kappa shape index (κ3) is 5.66. The molecule has 0 radical (unpaired) electrons. The van der Waals surface area contributed by atoms with Gasteiger partial charge in [0.15, 0.2) is 11.9 Å². The third-order valence-electron chi connectivity index (χ3n) is 4.40. The Morgan fingerprint density at radius 2 is 1.61 bits per heavy atom. The smallest absolute Gasteiger partial charge is 0.310 e. The number of benzene rings is 3. The molecular weight excluding hydrogens is 398 g/mol. The van der Waals surface area contributed by atoms with Crippen molar-refractivity contribution in [3.05, 3.63) is 94.0 Å². The first-order chi connectivity index (χ1) is 14.8. The summed E-state index contributed by atoms with van der Waals surface area (Å²) >= 11 is 0. The molecule has 1 unspecified atom stereocenters. The fourth-order valence-corrected chi connectivity index (χ4v) is 2.86. The molecule has 3 aromatic carbocycles. The summed E-state index contributed by atoms with van der Waals surface area (Å²) in [6, 6.07) is 19.7. The zero-order chi connectivity index (χ0) is 22.4. The Balaban J connectivity index is 1.67. The monoisotopic (exact) mass is 419 g/mol. The van der Waals surface area contributed by atoms with E-state index >= 15 is 0 Å². The highest BCUT2D eigenvalue weighted by molar-refractivity contribution is 6.05. The first-order valence-corrected chi connectivity index (χ1v) is 9.52. The van der Waals surface area contributed by atoms with Crippen LogP contribution in [0.25, 0.3) is 0 Å². The minimum Gasteiger partial charge on any atom is -0.474 e. The van der Waals surface area contributed by atoms with Gasteiger partial charge in [-0.2, -0.15) is 0 Å². The quantitative estimate of drug-likeness (QED) is 0.431. The van der Waals surface area contributed by atoms with Gasteiger partial charge in [-0.1, -0.05) is 30.3 Å². The lowest BCUT2D eigenvalue weighted by atomic mass is 10.1. The minimum atomic E-state index is -0.995. The number of nitro benzene ring substituents is 1. The van der Waals surface area contributed by atoms with Crippen LogP contribution in [0.5, 0.6) is 5.75 Å². The average Bonchev–Trinajstić information content (AvgIpc) is 2.74. The van der Waals surface area contributed by atoms with Crippen LogP contribution in [-0.2, 0) is 4.79 Å². The van der Waals surface area contributed by atoms with E-state index in [1.807, 2.05) is 25.1 Å². The number of nitrogens with zero attached hydrogens (tertiary/aromatic N) is 1. The molecule has 0 aliphatic carbocycles. The standard InChI is InChI=1S/C23H21N3O5/c1-15-7-5-9-18(13-15)25-23(28)17-8-6-10-19(14-17)24-22(27)16(2)31-21-12-4-3-11-20(21)26(29)30/h3-14,16H,1-2H3,(H,24,27)(H,25,28). The molecule has 3 rings (SSSR count). The lowest BCUT2D eigenvalue weighted by molar-refractivity contribution is -0.386. The normalized spacial score (nSPS) is 11.3. The number of rotatable bonds is 7. The summed E-state index contributed by atoms with van der Waals surface area (Å²) in [5.74, 6) is -0.818. The number of para-hydroxylation sites is 2. The van der Waals surface area contributed by atoms with Crippen molar-refractivity contribution in [2.75, 3.05) is 10.6 Å². The summed E-state index contributed by atoms with van der Waals surface area (Å²) in [5.41, 5.74) is 2.24. The van der Waals surface area contributed by atoms with E-state index in [4.69, 9.17) is 4.74 Å². The van der Waals surface area contributed by atoms with Crippen LogP contribution < -0.4 is 15.4 Å². The molecule has 0 aliphatic heterocycles. The first kappa shape index (κ1) is 21.5. The van der Waals surface area contributed by atoms with Gasteiger partial charge in [0.05, 0.1) is 4.92 Å². The Hall–Kier alpha value is -4.20. The van der Waals surface area contributed by atoms with Gasteiger partial charge in [0.2, 0.25) is 0 Å². The molecule has 158 valence electrons. The Morgan fingerprint density at radius 3 is 2.32 bits per heavy atom. The number of amides is 2. The number of aryl methyl sites for hydroxylation is 1. The van der Waals surface area contributed by atoms with Crippen LogP contribution in [0, 0.1) is 17.0 Å². The lowest BCUT2D eigenvalue weighted by Gasteiger charge is -2.15. The summed E-state index contributed by atoms with van der Waals surface area (Å²) < 4.78 is 5.48. The predicted molar refractivity (Wildman–Crippen MR) is 117 cm³/mol. The molecule has 1 atom stereocenters. The fraction of sp³-hybridized carbons (Fsp3) is 0.130. The molecule has 2 N–H and O–H groups in total. The molecule has 0 heterocycles. The van der Waals surface area contributed by atoms with Gasteiger partial charge in [0.1, 0.15) is 0 Å². The van der Waals surface area contributed by atoms with E-state index in [1.165, 1.54) is 25.1 Å². The largest absolute Gasteiger partial charge is 0.474 e. The molecule has 0 aliphatic rings.